The maximum Gasteiger partial charge on any atom is 0.137 e. The summed E-state index contributed by atoms with van der Waals surface area (Å²) in [6.45, 7) is 0. The average molecular weight is 355 g/mol. The van der Waals surface area contributed by atoms with Gasteiger partial charge in [0.1, 0.15) is 16.7 Å². The Hall–Kier alpha value is -4.00. The second kappa shape index (κ2) is 7.92. The van der Waals surface area contributed by atoms with Crippen LogP contribution in [-0.2, 0) is 0 Å². The van der Waals surface area contributed by atoms with Crippen LogP contribution in [0.15, 0.2) is 85.6 Å². The van der Waals surface area contributed by atoms with Gasteiger partial charge in [-0.1, -0.05) is 12.1 Å². The van der Waals surface area contributed by atoms with Crippen LogP contribution in [0.5, 0.6) is 0 Å². The lowest BCUT2D eigenvalue weighted by Gasteiger charge is -1.82. The van der Waals surface area contributed by atoms with E-state index in [0.29, 0.717) is 0 Å². The van der Waals surface area contributed by atoms with Gasteiger partial charge in [0.15, 0.2) is 0 Å². The number of fused-ring (bicyclic) bond motifs is 3. The standard InChI is InChI=1S/2C7H6N2.C6H5N3/c1-3-8-5-7-6(1)2-4-9-7;1-2-6-3-5-9-7(6)8-4-1;1-2-4-6-5(3-1)7-9-8-6/h1-5,9H;1-5H,(H,8,9);1-4H,(H,7,8,9). The minimum Gasteiger partial charge on any atom is -0.360 e. The molecule has 27 heavy (non-hydrogen) atoms. The molecule has 1 aromatic carbocycles. The van der Waals surface area contributed by atoms with Crippen molar-refractivity contribution in [2.75, 3.05) is 0 Å². The van der Waals surface area contributed by atoms with E-state index in [4.69, 9.17) is 0 Å². The Morgan fingerprint density at radius 2 is 1.44 bits per heavy atom. The van der Waals surface area contributed by atoms with Crippen LogP contribution in [0.1, 0.15) is 0 Å². The lowest BCUT2D eigenvalue weighted by molar-refractivity contribution is 0.959. The molecule has 0 saturated heterocycles. The third-order valence-electron chi connectivity index (χ3n) is 3.90. The summed E-state index contributed by atoms with van der Waals surface area (Å²) >= 11 is 0. The lowest BCUT2D eigenvalue weighted by Crippen LogP contribution is -1.70. The average Bonchev–Trinajstić information content (AvgIpc) is 3.48. The molecule has 0 amide bonds. The van der Waals surface area contributed by atoms with E-state index in [0.717, 1.165) is 27.6 Å². The summed E-state index contributed by atoms with van der Waals surface area (Å²) in [6.07, 6.45) is 9.17. The molecule has 0 bridgehead atoms. The molecule has 132 valence electrons. The predicted molar refractivity (Wildman–Crippen MR) is 106 cm³/mol. The SMILES string of the molecule is c1cc2cc[nH]c2cn1.c1ccc2n[nH]nc2c1.c1cnc2[nH]ccc2c1. The Kier molecular flexibility index (Phi) is 4.83. The number of para-hydroxylation sites is 2. The number of H-pyrrole nitrogens is 3. The van der Waals surface area contributed by atoms with Crippen LogP contribution in [0, 0.1) is 0 Å². The van der Waals surface area contributed by atoms with E-state index >= 15 is 0 Å². The molecular weight excluding hydrogens is 338 g/mol. The molecule has 0 spiro atoms. The molecule has 6 rings (SSSR count). The second-order valence-corrected chi connectivity index (χ2v) is 5.67. The van der Waals surface area contributed by atoms with Crippen LogP contribution in [0.4, 0.5) is 0 Å². The number of aromatic nitrogens is 7. The topological polar surface area (TPSA) is 98.9 Å². The van der Waals surface area contributed by atoms with E-state index in [2.05, 4.69) is 35.3 Å². The Morgan fingerprint density at radius 3 is 2.22 bits per heavy atom. The summed E-state index contributed by atoms with van der Waals surface area (Å²) in [5.74, 6) is 0. The number of rotatable bonds is 0. The van der Waals surface area contributed by atoms with Crippen LogP contribution in [0.25, 0.3) is 33.0 Å². The van der Waals surface area contributed by atoms with E-state index in [9.17, 15) is 0 Å². The van der Waals surface area contributed by atoms with E-state index in [1.807, 2.05) is 73.2 Å². The fourth-order valence-corrected chi connectivity index (χ4v) is 2.56. The van der Waals surface area contributed by atoms with E-state index in [-0.39, 0.29) is 0 Å². The predicted octanol–water partition coefficient (Wildman–Crippen LogP) is 4.08. The molecule has 0 aliphatic carbocycles. The molecule has 3 N–H and O–H groups in total. The summed E-state index contributed by atoms with van der Waals surface area (Å²) < 4.78 is 0. The molecule has 0 radical (unpaired) electrons. The largest absolute Gasteiger partial charge is 0.360 e. The molecule has 6 aromatic rings. The zero-order valence-electron chi connectivity index (χ0n) is 14.4. The van der Waals surface area contributed by atoms with Gasteiger partial charge in [-0.05, 0) is 42.5 Å². The summed E-state index contributed by atoms with van der Waals surface area (Å²) in [4.78, 5) is 14.1. The maximum absolute atomic E-state index is 4.09. The van der Waals surface area contributed by atoms with Gasteiger partial charge in [0.25, 0.3) is 0 Å². The fourth-order valence-electron chi connectivity index (χ4n) is 2.56. The molecule has 0 unspecified atom stereocenters. The Labute approximate surface area is 154 Å². The van der Waals surface area contributed by atoms with Gasteiger partial charge in [-0.25, -0.2) is 4.98 Å². The van der Waals surface area contributed by atoms with Crippen molar-refractivity contribution in [3.8, 4) is 0 Å². The normalized spacial score (nSPS) is 10.2. The van der Waals surface area contributed by atoms with Gasteiger partial charge >= 0.3 is 0 Å². The molecular formula is C20H17N7. The maximum atomic E-state index is 4.09. The van der Waals surface area contributed by atoms with Crippen molar-refractivity contribution in [1.82, 2.24) is 35.3 Å². The minimum atomic E-state index is 0.914. The smallest absolute Gasteiger partial charge is 0.137 e. The molecule has 0 aliphatic rings. The van der Waals surface area contributed by atoms with Crippen molar-refractivity contribution in [2.45, 2.75) is 0 Å². The molecule has 0 aliphatic heterocycles. The summed E-state index contributed by atoms with van der Waals surface area (Å²) in [5, 5.41) is 12.7. The lowest BCUT2D eigenvalue weighted by atomic mass is 10.3. The van der Waals surface area contributed by atoms with Crippen LogP contribution >= 0.6 is 0 Å². The number of nitrogens with zero attached hydrogens (tertiary/aromatic N) is 4. The minimum absolute atomic E-state index is 0.914. The first-order chi connectivity index (χ1) is 13.4. The van der Waals surface area contributed by atoms with Crippen LogP contribution in [-0.4, -0.2) is 35.3 Å². The van der Waals surface area contributed by atoms with Gasteiger partial charge in [-0.15, -0.1) is 0 Å². The van der Waals surface area contributed by atoms with Crippen molar-refractivity contribution >= 4 is 33.0 Å². The molecule has 7 nitrogen and oxygen atoms in total. The Balaban J connectivity index is 0.0000001000. The van der Waals surface area contributed by atoms with Gasteiger partial charge in [0.2, 0.25) is 0 Å². The monoisotopic (exact) mass is 355 g/mol. The van der Waals surface area contributed by atoms with Crippen molar-refractivity contribution < 1.29 is 0 Å². The van der Waals surface area contributed by atoms with E-state index < -0.39 is 0 Å². The van der Waals surface area contributed by atoms with Gasteiger partial charge in [0, 0.05) is 35.6 Å². The fraction of sp³-hybridized carbons (Fsp3) is 0. The van der Waals surface area contributed by atoms with Crippen LogP contribution in [0.2, 0.25) is 0 Å². The zero-order valence-corrected chi connectivity index (χ0v) is 14.4. The molecule has 5 aromatic heterocycles. The van der Waals surface area contributed by atoms with Crippen molar-refractivity contribution in [1.29, 1.82) is 0 Å². The molecule has 0 fully saturated rings. The number of aromatic amines is 3. The van der Waals surface area contributed by atoms with E-state index in [1.165, 1.54) is 5.39 Å². The molecule has 0 atom stereocenters. The van der Waals surface area contributed by atoms with Crippen molar-refractivity contribution in [2.24, 2.45) is 0 Å². The highest BCUT2D eigenvalue weighted by Crippen LogP contribution is 2.07. The van der Waals surface area contributed by atoms with Crippen molar-refractivity contribution in [3.05, 3.63) is 85.6 Å². The Bertz CT molecular complexity index is 1000. The van der Waals surface area contributed by atoms with Crippen LogP contribution in [0.3, 0.4) is 0 Å². The van der Waals surface area contributed by atoms with Crippen molar-refractivity contribution in [3.63, 3.8) is 0 Å². The highest BCUT2D eigenvalue weighted by molar-refractivity contribution is 5.77. The summed E-state index contributed by atoms with van der Waals surface area (Å²) in [5.41, 5.74) is 3.88. The third kappa shape index (κ3) is 3.98. The van der Waals surface area contributed by atoms with Gasteiger partial charge in [0.05, 0.1) is 11.7 Å². The molecule has 7 heteroatoms. The van der Waals surface area contributed by atoms with Crippen LogP contribution < -0.4 is 0 Å². The first-order valence-electron chi connectivity index (χ1n) is 8.41. The quantitative estimate of drug-likeness (QED) is 0.382. The van der Waals surface area contributed by atoms with Gasteiger partial charge < -0.3 is 9.97 Å². The number of pyridine rings is 2. The highest BCUT2D eigenvalue weighted by Gasteiger charge is 1.91. The first kappa shape index (κ1) is 16.5. The number of hydrogen-bond donors (Lipinski definition) is 3. The molecule has 0 saturated carbocycles. The van der Waals surface area contributed by atoms with E-state index in [1.54, 1.807) is 12.4 Å². The summed E-state index contributed by atoms with van der Waals surface area (Å²) in [6, 6.07) is 17.7. The zero-order chi connectivity index (χ0) is 18.3. The number of hydrogen-bond acceptors (Lipinski definition) is 4. The highest BCUT2D eigenvalue weighted by atomic mass is 15.3. The second-order valence-electron chi connectivity index (χ2n) is 5.67. The number of nitrogens with one attached hydrogen (secondary N) is 3. The number of benzene rings is 1. The first-order valence-corrected chi connectivity index (χ1v) is 8.41. The van der Waals surface area contributed by atoms with Gasteiger partial charge in [-0.3, -0.25) is 4.98 Å². The van der Waals surface area contributed by atoms with Gasteiger partial charge in [-0.2, -0.15) is 15.4 Å². The third-order valence-corrected chi connectivity index (χ3v) is 3.90. The molecule has 5 heterocycles. The Morgan fingerprint density at radius 1 is 0.667 bits per heavy atom. The summed E-state index contributed by atoms with van der Waals surface area (Å²) in [7, 11) is 0.